The van der Waals surface area contributed by atoms with E-state index in [9.17, 15) is 24.0 Å². The molecule has 0 saturated carbocycles. The molecule has 5 aromatic rings. The maximum absolute atomic E-state index is 16.0. The minimum atomic E-state index is -4.46. The molecule has 2 unspecified atom stereocenters. The molecular weight excluding hydrogens is 1220 g/mol. The molecule has 2 aliphatic heterocycles. The Kier molecular flexibility index (Phi) is 26.9. The molecular formula is C65H84N5O21P. The second-order valence-electron chi connectivity index (χ2n) is 22.0. The van der Waals surface area contributed by atoms with Gasteiger partial charge < -0.3 is 67.9 Å². The van der Waals surface area contributed by atoms with Crippen LogP contribution in [0.15, 0.2) is 126 Å². The Balaban J connectivity index is 1.07. The summed E-state index contributed by atoms with van der Waals surface area (Å²) >= 11 is 0. The Labute approximate surface area is 535 Å². The van der Waals surface area contributed by atoms with Crippen molar-refractivity contribution in [3.05, 3.63) is 154 Å². The molecule has 1 amide bonds. The monoisotopic (exact) mass is 1300 g/mol. The zero-order valence-corrected chi connectivity index (χ0v) is 54.3. The highest BCUT2D eigenvalue weighted by Crippen LogP contribution is 2.58. The average Bonchev–Trinajstić information content (AvgIpc) is 1.10. The van der Waals surface area contributed by atoms with Crippen LogP contribution in [0.5, 0.6) is 11.5 Å². The number of nitrogens with zero attached hydrogens (tertiary/aromatic N) is 3. The van der Waals surface area contributed by atoms with E-state index < -0.39 is 116 Å². The van der Waals surface area contributed by atoms with Crippen LogP contribution in [0.4, 0.5) is 5.82 Å². The molecule has 3 heterocycles. The van der Waals surface area contributed by atoms with E-state index in [4.69, 9.17) is 71.6 Å². The van der Waals surface area contributed by atoms with Gasteiger partial charge in [0.25, 0.3) is 0 Å². The molecule has 4 aromatic carbocycles. The number of carbonyl (C=O) groups excluding carboxylic acids is 5. The highest BCUT2D eigenvalue weighted by atomic mass is 31.2. The predicted molar refractivity (Wildman–Crippen MR) is 332 cm³/mol. The number of ether oxygens (including phenoxy) is 12. The summed E-state index contributed by atoms with van der Waals surface area (Å²) in [5, 5.41) is 2.64. The lowest BCUT2D eigenvalue weighted by Gasteiger charge is -2.44. The van der Waals surface area contributed by atoms with Crippen molar-refractivity contribution in [1.82, 2.24) is 19.5 Å². The van der Waals surface area contributed by atoms with E-state index in [0.29, 0.717) is 28.2 Å². The number of nitrogen functional groups attached to an aromatic ring is 1. The van der Waals surface area contributed by atoms with Crippen LogP contribution >= 0.6 is 7.75 Å². The summed E-state index contributed by atoms with van der Waals surface area (Å²) in [6.07, 6.45) is -9.09. The molecule has 2 saturated heterocycles. The second-order valence-corrected chi connectivity index (χ2v) is 23.9. The van der Waals surface area contributed by atoms with Crippen molar-refractivity contribution in [2.24, 2.45) is 0 Å². The van der Waals surface area contributed by atoms with Crippen LogP contribution in [0, 0.1) is 0 Å². The first kappa shape index (κ1) is 72.0. The van der Waals surface area contributed by atoms with E-state index in [1.165, 1.54) is 30.7 Å². The van der Waals surface area contributed by atoms with Gasteiger partial charge in [-0.05, 0) is 74.7 Å². The molecule has 0 aliphatic carbocycles. The first-order valence-corrected chi connectivity index (χ1v) is 31.7. The fourth-order valence-corrected chi connectivity index (χ4v) is 13.3. The zero-order valence-electron chi connectivity index (χ0n) is 53.4. The van der Waals surface area contributed by atoms with Gasteiger partial charge in [0.15, 0.2) is 30.4 Å². The van der Waals surface area contributed by atoms with Crippen LogP contribution in [-0.4, -0.2) is 179 Å². The summed E-state index contributed by atoms with van der Waals surface area (Å²) < 4.78 is 103. The molecule has 10 atom stereocenters. The van der Waals surface area contributed by atoms with Gasteiger partial charge >= 0.3 is 31.3 Å². The number of nitrogens with two attached hydrogens (primary N) is 1. The summed E-state index contributed by atoms with van der Waals surface area (Å²) in [6, 6.07) is 32.0. The molecule has 3 N–H and O–H groups in total. The quantitative estimate of drug-likeness (QED) is 0.0106. The lowest BCUT2D eigenvalue weighted by atomic mass is 9.79. The number of carbonyl (C=O) groups is 5. The second kappa shape index (κ2) is 34.4. The Bertz CT molecular complexity index is 3230. The van der Waals surface area contributed by atoms with Crippen LogP contribution < -0.4 is 26.2 Å². The fraction of sp³-hybridized carbons (Fsp3) is 0.492. The van der Waals surface area contributed by atoms with E-state index in [1.54, 1.807) is 73.5 Å². The predicted octanol–water partition coefficient (Wildman–Crippen LogP) is 6.74. The number of benzene rings is 4. The van der Waals surface area contributed by atoms with Crippen molar-refractivity contribution in [1.29, 1.82) is 0 Å². The van der Waals surface area contributed by atoms with Gasteiger partial charge in [0.2, 0.25) is 5.91 Å². The SMILES string of the molecule is COc1ccc(C(OC(C(=O)c2ccccc2)[C@H]2O[C@@H](n3ccc(N)nc3=O)C[C@@H]2OP(=O)(OCCOCCOCCOCCO[C@@H]2O[C@H](COC(C)=O)[C@H](OC(C)=O)[C@H](OC(C)=O)[C@H]2NC(C)=O)N(C(C)C)C(C)C)(c2ccccc2)c2ccc(OC)cc2)cc1. The van der Waals surface area contributed by atoms with Crippen LogP contribution in [0.1, 0.15) is 95.1 Å². The fourth-order valence-electron chi connectivity index (χ4n) is 11.0. The molecule has 2 fully saturated rings. The molecule has 26 nitrogen and oxygen atoms in total. The van der Waals surface area contributed by atoms with Gasteiger partial charge in [0.05, 0.1) is 67.1 Å². The third-order valence-electron chi connectivity index (χ3n) is 14.8. The first-order valence-electron chi connectivity index (χ1n) is 30.2. The van der Waals surface area contributed by atoms with Gasteiger partial charge in [-0.3, -0.25) is 37.6 Å². The Hall–Kier alpha value is -7.46. The van der Waals surface area contributed by atoms with E-state index in [0.717, 1.165) is 13.8 Å². The van der Waals surface area contributed by atoms with Crippen molar-refractivity contribution in [3.63, 3.8) is 0 Å². The number of anilines is 1. The minimum Gasteiger partial charge on any atom is -0.497 e. The molecule has 27 heteroatoms. The van der Waals surface area contributed by atoms with E-state index in [2.05, 4.69) is 10.3 Å². The topological polar surface area (TPSA) is 308 Å². The summed E-state index contributed by atoms with van der Waals surface area (Å²) in [5.41, 5.74) is 5.73. The molecule has 2 aliphatic rings. The van der Waals surface area contributed by atoms with Crippen molar-refractivity contribution in [3.8, 4) is 11.5 Å². The molecule has 1 aromatic heterocycles. The third kappa shape index (κ3) is 19.1. The van der Waals surface area contributed by atoms with Gasteiger partial charge in [-0.2, -0.15) is 4.98 Å². The number of aromatic nitrogens is 2. The Morgan fingerprint density at radius 1 is 0.685 bits per heavy atom. The van der Waals surface area contributed by atoms with Crippen molar-refractivity contribution in [2.75, 3.05) is 79.4 Å². The summed E-state index contributed by atoms with van der Waals surface area (Å²) in [6.45, 7) is 11.9. The van der Waals surface area contributed by atoms with Crippen LogP contribution in [-0.2, 0) is 85.8 Å². The summed E-state index contributed by atoms with van der Waals surface area (Å²) in [7, 11) is -1.34. The third-order valence-corrected chi connectivity index (χ3v) is 17.3. The Morgan fingerprint density at radius 3 is 1.72 bits per heavy atom. The number of rotatable bonds is 35. The lowest BCUT2D eigenvalue weighted by Crippen LogP contribution is -2.66. The molecule has 0 radical (unpaired) electrons. The van der Waals surface area contributed by atoms with Crippen molar-refractivity contribution >= 4 is 43.2 Å². The number of amides is 1. The Morgan fingerprint density at radius 2 is 1.21 bits per heavy atom. The maximum Gasteiger partial charge on any atom is 0.409 e. The van der Waals surface area contributed by atoms with E-state index in [1.807, 2.05) is 82.3 Å². The normalized spacial score (nSPS) is 20.9. The van der Waals surface area contributed by atoms with Gasteiger partial charge in [-0.1, -0.05) is 84.9 Å². The number of Topliss-reactive ketones (excluding diaryl/α,β-unsaturated/α-hetero) is 1. The molecule has 92 heavy (non-hydrogen) atoms. The number of nitrogens with one attached hydrogen (secondary N) is 1. The summed E-state index contributed by atoms with van der Waals surface area (Å²) in [5.74, 6) is -2.04. The van der Waals surface area contributed by atoms with Gasteiger partial charge in [0.1, 0.15) is 60.1 Å². The van der Waals surface area contributed by atoms with Crippen LogP contribution in [0.2, 0.25) is 0 Å². The number of methoxy groups -OCH3 is 2. The minimum absolute atomic E-state index is 0.0243. The number of esters is 3. The van der Waals surface area contributed by atoms with Crippen LogP contribution in [0.3, 0.4) is 0 Å². The maximum atomic E-state index is 16.0. The molecule has 7 rings (SSSR count). The lowest BCUT2D eigenvalue weighted by molar-refractivity contribution is -0.279. The molecule has 500 valence electrons. The molecule has 0 bridgehead atoms. The van der Waals surface area contributed by atoms with Crippen LogP contribution in [0.25, 0.3) is 0 Å². The van der Waals surface area contributed by atoms with Gasteiger partial charge in [-0.15, -0.1) is 0 Å². The van der Waals surface area contributed by atoms with Gasteiger partial charge in [-0.25, -0.2) is 14.0 Å². The van der Waals surface area contributed by atoms with E-state index >= 15 is 9.36 Å². The highest BCUT2D eigenvalue weighted by molar-refractivity contribution is 7.51. The largest absolute Gasteiger partial charge is 0.497 e. The zero-order chi connectivity index (χ0) is 66.5. The van der Waals surface area contributed by atoms with Crippen molar-refractivity contribution in [2.45, 2.75) is 135 Å². The first-order chi connectivity index (χ1) is 44.1. The number of hydrogen-bond acceptors (Lipinski definition) is 23. The molecule has 0 spiro atoms. The number of hydrogen-bond donors (Lipinski definition) is 2. The standard InChI is InChI=1S/C65H84N5O21P/c1-41(2)70(42(3)4)92(77,85-38-36-82-34-32-80-31-33-81-35-37-83-63-57(67-43(5)71)61(87-46(8)74)60(86-45(7)73)54(88-63)40-84-44(6)72)91-53-39-56(69-30-29-55(66)68-64(69)76)89-59(53)62(58(75)47-17-13-11-14-18-47)90-65(48-19-15-12-16-20-48,49-21-25-51(78-9)26-22-49)50-23-27-52(79-10)28-24-50/h11-30,41-42,53-54,56-57,59-63H,31-40H2,1-10H3,(H,67,71)(H2,66,68,76)/t53-,54+,56+,57+,59-,60-,61+,62?,63+,92?/m0/s1. The smallest absolute Gasteiger partial charge is 0.409 e. The van der Waals surface area contributed by atoms with E-state index in [-0.39, 0.29) is 77.3 Å². The summed E-state index contributed by atoms with van der Waals surface area (Å²) in [4.78, 5) is 81.8. The average molecular weight is 1300 g/mol. The van der Waals surface area contributed by atoms with Gasteiger partial charge in [0, 0.05) is 58.0 Å². The highest BCUT2D eigenvalue weighted by Gasteiger charge is 2.55. The van der Waals surface area contributed by atoms with Crippen molar-refractivity contribution < 1.29 is 94.4 Å². The number of ketones is 1.